The molecule has 3 N–H and O–H groups in total. The summed E-state index contributed by atoms with van der Waals surface area (Å²) in [6.45, 7) is 0. The van der Waals surface area contributed by atoms with Gasteiger partial charge < -0.3 is 5.32 Å². The van der Waals surface area contributed by atoms with Crippen LogP contribution in [0.5, 0.6) is 0 Å². The number of benzene rings is 2. The van der Waals surface area contributed by atoms with E-state index in [0.29, 0.717) is 11.3 Å². The third-order valence-electron chi connectivity index (χ3n) is 3.29. The Morgan fingerprint density at radius 1 is 1.08 bits per heavy atom. The van der Waals surface area contributed by atoms with Gasteiger partial charge in [0, 0.05) is 5.69 Å². The second-order valence-electron chi connectivity index (χ2n) is 5.31. The van der Waals surface area contributed by atoms with Crippen molar-refractivity contribution in [1.82, 2.24) is 15.0 Å². The molecule has 0 spiro atoms. The van der Waals surface area contributed by atoms with Gasteiger partial charge in [0.2, 0.25) is 10.0 Å². The Morgan fingerprint density at radius 2 is 1.76 bits per heavy atom. The number of anilines is 1. The summed E-state index contributed by atoms with van der Waals surface area (Å²) in [5.74, 6) is -0.673. The van der Waals surface area contributed by atoms with Crippen LogP contribution in [-0.4, -0.2) is 29.3 Å². The summed E-state index contributed by atoms with van der Waals surface area (Å²) in [5, 5.41) is 15.9. The number of nitrogens with two attached hydrogens (primary N) is 1. The maximum absolute atomic E-state index is 12.2. The van der Waals surface area contributed by atoms with E-state index < -0.39 is 15.9 Å². The van der Waals surface area contributed by atoms with Gasteiger partial charge in [-0.1, -0.05) is 30.3 Å². The van der Waals surface area contributed by atoms with Gasteiger partial charge in [0.25, 0.3) is 5.91 Å². The van der Waals surface area contributed by atoms with E-state index in [1.165, 1.54) is 11.0 Å². The topological polar surface area (TPSA) is 120 Å². The van der Waals surface area contributed by atoms with Crippen LogP contribution in [0.1, 0.15) is 16.1 Å². The molecule has 0 aliphatic heterocycles. The first-order valence-corrected chi connectivity index (χ1v) is 9.01. The van der Waals surface area contributed by atoms with E-state index in [1.807, 2.05) is 30.3 Å². The first-order valence-electron chi connectivity index (χ1n) is 7.29. The lowest BCUT2D eigenvalue weighted by molar-refractivity contribution is 0.102. The van der Waals surface area contributed by atoms with Gasteiger partial charge >= 0.3 is 0 Å². The van der Waals surface area contributed by atoms with Crippen LogP contribution < -0.4 is 10.5 Å². The molecular weight excluding hydrogens is 342 g/mol. The molecule has 25 heavy (non-hydrogen) atoms. The average Bonchev–Trinajstić information content (AvgIpc) is 3.06. The Labute approximate surface area is 144 Å². The zero-order valence-electron chi connectivity index (χ0n) is 13.0. The molecular formula is C16H15N5O3S. The van der Waals surface area contributed by atoms with Crippen LogP contribution >= 0.6 is 0 Å². The number of carbonyl (C=O) groups is 1. The molecule has 0 saturated carbocycles. The number of hydrogen-bond acceptors (Lipinski definition) is 5. The van der Waals surface area contributed by atoms with Crippen LogP contribution in [0.3, 0.4) is 0 Å². The van der Waals surface area contributed by atoms with Gasteiger partial charge in [-0.05, 0) is 29.8 Å². The molecule has 0 aliphatic rings. The molecule has 8 nitrogen and oxygen atoms in total. The van der Waals surface area contributed by atoms with Crippen LogP contribution in [0.15, 0.2) is 60.8 Å². The summed E-state index contributed by atoms with van der Waals surface area (Å²) in [7, 11) is -3.59. The summed E-state index contributed by atoms with van der Waals surface area (Å²) in [6, 6.07) is 15.6. The van der Waals surface area contributed by atoms with E-state index >= 15 is 0 Å². The summed E-state index contributed by atoms with van der Waals surface area (Å²) in [4.78, 5) is 13.6. The molecule has 9 heteroatoms. The van der Waals surface area contributed by atoms with Crippen LogP contribution in [0.2, 0.25) is 0 Å². The lowest BCUT2D eigenvalue weighted by Gasteiger charge is -2.04. The normalized spacial score (nSPS) is 11.2. The minimum Gasteiger partial charge on any atom is -0.321 e. The van der Waals surface area contributed by atoms with Gasteiger partial charge in [-0.25, -0.2) is 13.6 Å². The number of aromatic nitrogens is 3. The predicted octanol–water partition coefficient (Wildman–Crippen LogP) is 1.31. The van der Waals surface area contributed by atoms with Crippen molar-refractivity contribution in [2.24, 2.45) is 5.14 Å². The van der Waals surface area contributed by atoms with Crippen molar-refractivity contribution in [2.45, 2.75) is 5.75 Å². The molecule has 3 aromatic rings. The summed E-state index contributed by atoms with van der Waals surface area (Å²) in [5.41, 5.74) is 1.96. The minimum atomic E-state index is -3.59. The fourth-order valence-electron chi connectivity index (χ4n) is 2.16. The molecule has 0 fully saturated rings. The van der Waals surface area contributed by atoms with Crippen LogP contribution in [0.4, 0.5) is 5.69 Å². The zero-order chi connectivity index (χ0) is 17.9. The zero-order valence-corrected chi connectivity index (χ0v) is 13.8. The quantitative estimate of drug-likeness (QED) is 0.713. The van der Waals surface area contributed by atoms with Crippen molar-refractivity contribution >= 4 is 21.6 Å². The van der Waals surface area contributed by atoms with E-state index in [2.05, 4.69) is 15.5 Å². The Hall–Kier alpha value is -3.04. The van der Waals surface area contributed by atoms with Gasteiger partial charge in [-0.15, -0.1) is 5.10 Å². The van der Waals surface area contributed by atoms with Crippen molar-refractivity contribution in [3.63, 3.8) is 0 Å². The van der Waals surface area contributed by atoms with Gasteiger partial charge in [0.15, 0.2) is 5.69 Å². The van der Waals surface area contributed by atoms with Crippen LogP contribution in [0, 0.1) is 0 Å². The number of primary sulfonamides is 1. The highest BCUT2D eigenvalue weighted by Gasteiger charge is 2.12. The summed E-state index contributed by atoms with van der Waals surface area (Å²) < 4.78 is 22.1. The first kappa shape index (κ1) is 16.8. The standard InChI is InChI=1S/C16H15N5O3S/c17-25(23,24)11-12-6-8-13(9-7-12)19-16(22)15-10-18-21(20-15)14-4-2-1-3-5-14/h1-10H,11H2,(H,19,22)(H2,17,23,24). The lowest BCUT2D eigenvalue weighted by Crippen LogP contribution is -2.15. The van der Waals surface area contributed by atoms with Crippen molar-refractivity contribution in [1.29, 1.82) is 0 Å². The number of hydrogen-bond donors (Lipinski definition) is 2. The maximum atomic E-state index is 12.2. The van der Waals surface area contributed by atoms with Crippen molar-refractivity contribution in [3.8, 4) is 5.69 Å². The van der Waals surface area contributed by atoms with Crippen molar-refractivity contribution in [2.75, 3.05) is 5.32 Å². The van der Waals surface area contributed by atoms with E-state index in [4.69, 9.17) is 5.14 Å². The average molecular weight is 357 g/mol. The molecule has 0 bridgehead atoms. The largest absolute Gasteiger partial charge is 0.321 e. The number of nitrogens with one attached hydrogen (secondary N) is 1. The lowest BCUT2D eigenvalue weighted by atomic mass is 10.2. The van der Waals surface area contributed by atoms with E-state index in [1.54, 1.807) is 24.3 Å². The third kappa shape index (κ3) is 4.49. The Bertz CT molecular complexity index is 982. The van der Waals surface area contributed by atoms with Crippen LogP contribution in [0.25, 0.3) is 5.69 Å². The summed E-state index contributed by atoms with van der Waals surface area (Å²) >= 11 is 0. The highest BCUT2D eigenvalue weighted by molar-refractivity contribution is 7.88. The SMILES string of the molecule is NS(=O)(=O)Cc1ccc(NC(=O)c2cnn(-c3ccccc3)n2)cc1. The molecule has 2 aromatic carbocycles. The molecule has 1 heterocycles. The molecule has 1 aromatic heterocycles. The number of sulfonamides is 1. The highest BCUT2D eigenvalue weighted by atomic mass is 32.2. The van der Waals surface area contributed by atoms with E-state index in [-0.39, 0.29) is 11.4 Å². The molecule has 1 amide bonds. The number of nitrogens with zero attached hydrogens (tertiary/aromatic N) is 3. The van der Waals surface area contributed by atoms with Crippen LogP contribution in [-0.2, 0) is 15.8 Å². The fourth-order valence-corrected chi connectivity index (χ4v) is 2.82. The molecule has 0 radical (unpaired) electrons. The molecule has 0 unspecified atom stereocenters. The number of carbonyl (C=O) groups excluding carboxylic acids is 1. The summed E-state index contributed by atoms with van der Waals surface area (Å²) in [6.07, 6.45) is 1.37. The highest BCUT2D eigenvalue weighted by Crippen LogP contribution is 2.12. The molecule has 128 valence electrons. The Morgan fingerprint density at radius 3 is 2.40 bits per heavy atom. The Balaban J connectivity index is 1.69. The number of amides is 1. The second-order valence-corrected chi connectivity index (χ2v) is 6.93. The van der Waals surface area contributed by atoms with E-state index in [9.17, 15) is 13.2 Å². The number of para-hydroxylation sites is 1. The van der Waals surface area contributed by atoms with E-state index in [0.717, 1.165) is 5.69 Å². The second kappa shape index (κ2) is 6.83. The predicted molar refractivity (Wildman–Crippen MR) is 92.6 cm³/mol. The molecule has 3 rings (SSSR count). The fraction of sp³-hybridized carbons (Fsp3) is 0.0625. The first-order chi connectivity index (χ1) is 11.9. The number of rotatable bonds is 5. The van der Waals surface area contributed by atoms with Gasteiger partial charge in [0.1, 0.15) is 0 Å². The van der Waals surface area contributed by atoms with Crippen molar-refractivity contribution in [3.05, 3.63) is 72.1 Å². The smallest absolute Gasteiger partial charge is 0.277 e. The van der Waals surface area contributed by atoms with Gasteiger partial charge in [0.05, 0.1) is 17.6 Å². The Kier molecular flexibility index (Phi) is 4.59. The molecule has 0 atom stereocenters. The molecule has 0 aliphatic carbocycles. The monoisotopic (exact) mass is 357 g/mol. The maximum Gasteiger partial charge on any atom is 0.277 e. The van der Waals surface area contributed by atoms with Gasteiger partial charge in [-0.2, -0.15) is 9.90 Å². The minimum absolute atomic E-state index is 0.164. The van der Waals surface area contributed by atoms with Crippen molar-refractivity contribution < 1.29 is 13.2 Å². The molecule has 0 saturated heterocycles. The third-order valence-corrected chi connectivity index (χ3v) is 4.03. The van der Waals surface area contributed by atoms with Gasteiger partial charge in [-0.3, -0.25) is 4.79 Å².